The van der Waals surface area contributed by atoms with Crippen molar-refractivity contribution in [3.05, 3.63) is 71.8 Å². The number of carbonyl (C=O) groups is 3. The van der Waals surface area contributed by atoms with Crippen LogP contribution in [0.4, 0.5) is 0 Å². The smallest absolute Gasteiger partial charge is 0.265 e. The molecule has 0 fully saturated rings. The lowest BCUT2D eigenvalue weighted by Gasteiger charge is -1.95. The van der Waals surface area contributed by atoms with Crippen LogP contribution in [0.15, 0.2) is 60.7 Å². The fourth-order valence-corrected chi connectivity index (χ4v) is 1.37. The molecular formula is C18H21ClN2O3. The molecule has 0 aliphatic heterocycles. The molecule has 1 amide bonds. The van der Waals surface area contributed by atoms with Crippen molar-refractivity contribution in [3.63, 3.8) is 0 Å². The number of hydrogen-bond donors (Lipinski definition) is 2. The van der Waals surface area contributed by atoms with Crippen LogP contribution in [0.25, 0.3) is 0 Å². The van der Waals surface area contributed by atoms with Crippen LogP contribution in [0, 0.1) is 0 Å². The number of amides is 1. The summed E-state index contributed by atoms with van der Waals surface area (Å²) in [6, 6.07) is 17.5. The van der Waals surface area contributed by atoms with Gasteiger partial charge in [0.25, 0.3) is 11.1 Å². The van der Waals surface area contributed by atoms with Crippen LogP contribution in [0.2, 0.25) is 0 Å². The third-order valence-electron chi connectivity index (χ3n) is 2.67. The highest BCUT2D eigenvalue weighted by Crippen LogP contribution is 2.01. The topological polar surface area (TPSA) is 89.3 Å². The normalized spacial score (nSPS) is 8.67. The number of nitrogens with one attached hydrogen (secondary N) is 1. The minimum Gasteiger partial charge on any atom is -0.300 e. The second-order valence-corrected chi connectivity index (χ2v) is 4.88. The van der Waals surface area contributed by atoms with Gasteiger partial charge in [0.05, 0.1) is 0 Å². The lowest BCUT2D eigenvalue weighted by atomic mass is 10.2. The number of halogens is 1. The maximum Gasteiger partial charge on any atom is 0.265 e. The van der Waals surface area contributed by atoms with Gasteiger partial charge in [0, 0.05) is 17.5 Å². The predicted octanol–water partition coefficient (Wildman–Crippen LogP) is 3.34. The standard InChI is InChI=1S/C7H5ClO.C7H8N2O.C4H8O/c8-7(9)6-4-2-1-3-5-6;8-9-7(10)6-4-2-1-3-5-6;1-3-4(2)5/h1-5H;1-5H,8H2,(H,9,10);3H2,1-2H3. The van der Waals surface area contributed by atoms with Crippen LogP contribution in [0.1, 0.15) is 41.0 Å². The average molecular weight is 349 g/mol. The van der Waals surface area contributed by atoms with E-state index in [1.165, 1.54) is 0 Å². The monoisotopic (exact) mass is 348 g/mol. The van der Waals surface area contributed by atoms with Gasteiger partial charge in [-0.15, -0.1) is 0 Å². The molecule has 0 heterocycles. The number of hydrogen-bond acceptors (Lipinski definition) is 4. The molecule has 0 saturated carbocycles. The van der Waals surface area contributed by atoms with Crippen LogP contribution in [-0.4, -0.2) is 16.9 Å². The Morgan fingerprint density at radius 3 is 1.54 bits per heavy atom. The summed E-state index contributed by atoms with van der Waals surface area (Å²) < 4.78 is 0. The fraction of sp³-hybridized carbons (Fsp3) is 0.167. The lowest BCUT2D eigenvalue weighted by molar-refractivity contribution is -0.116. The number of ketones is 1. The van der Waals surface area contributed by atoms with Crippen LogP contribution in [-0.2, 0) is 4.79 Å². The van der Waals surface area contributed by atoms with E-state index in [2.05, 4.69) is 0 Å². The van der Waals surface area contributed by atoms with E-state index in [9.17, 15) is 14.4 Å². The zero-order valence-corrected chi connectivity index (χ0v) is 14.4. The van der Waals surface area contributed by atoms with Gasteiger partial charge < -0.3 is 4.79 Å². The van der Waals surface area contributed by atoms with Crippen molar-refractivity contribution in [2.75, 3.05) is 0 Å². The van der Waals surface area contributed by atoms with E-state index in [0.29, 0.717) is 17.5 Å². The summed E-state index contributed by atoms with van der Waals surface area (Å²) in [5, 5.41) is -0.407. The molecule has 0 atom stereocenters. The Balaban J connectivity index is 0.000000351. The first-order valence-corrected chi connectivity index (χ1v) is 7.60. The van der Waals surface area contributed by atoms with Crippen LogP contribution in [0.5, 0.6) is 0 Å². The highest BCUT2D eigenvalue weighted by molar-refractivity contribution is 6.67. The number of nitrogen functional groups attached to an aromatic ring is 1. The van der Waals surface area contributed by atoms with Gasteiger partial charge in [-0.25, -0.2) is 5.84 Å². The molecule has 0 radical (unpaired) electrons. The average Bonchev–Trinajstić information content (AvgIpc) is 2.63. The molecule has 0 aliphatic carbocycles. The van der Waals surface area contributed by atoms with E-state index in [4.69, 9.17) is 17.4 Å². The summed E-state index contributed by atoms with van der Waals surface area (Å²) >= 11 is 5.16. The summed E-state index contributed by atoms with van der Waals surface area (Å²) in [6.07, 6.45) is 0.667. The summed E-state index contributed by atoms with van der Waals surface area (Å²) in [5.74, 6) is 4.90. The first-order valence-electron chi connectivity index (χ1n) is 7.22. The summed E-state index contributed by atoms with van der Waals surface area (Å²) in [4.78, 5) is 31.0. The maximum atomic E-state index is 10.8. The Kier molecular flexibility index (Phi) is 11.6. The zero-order chi connectivity index (χ0) is 18.4. The molecule has 2 aromatic rings. The van der Waals surface area contributed by atoms with Gasteiger partial charge in [-0.1, -0.05) is 55.5 Å². The van der Waals surface area contributed by atoms with Crippen molar-refractivity contribution >= 4 is 28.5 Å². The van der Waals surface area contributed by atoms with E-state index in [1.54, 1.807) is 55.5 Å². The third kappa shape index (κ3) is 10.3. The second kappa shape index (κ2) is 13.0. The van der Waals surface area contributed by atoms with Gasteiger partial charge >= 0.3 is 0 Å². The Bertz CT molecular complexity index is 631. The van der Waals surface area contributed by atoms with Gasteiger partial charge in [-0.2, -0.15) is 0 Å². The van der Waals surface area contributed by atoms with Crippen molar-refractivity contribution in [2.24, 2.45) is 5.84 Å². The molecule has 3 N–H and O–H groups in total. The number of hydrazine groups is 1. The SMILES string of the molecule is CCC(C)=O.NNC(=O)c1ccccc1.O=C(Cl)c1ccccc1. The predicted molar refractivity (Wildman–Crippen MR) is 95.7 cm³/mol. The lowest BCUT2D eigenvalue weighted by Crippen LogP contribution is -2.29. The molecule has 2 aromatic carbocycles. The van der Waals surface area contributed by atoms with E-state index >= 15 is 0 Å². The van der Waals surface area contributed by atoms with Gasteiger partial charge in [-0.05, 0) is 30.7 Å². The molecule has 0 spiro atoms. The van der Waals surface area contributed by atoms with Crippen molar-refractivity contribution in [1.29, 1.82) is 0 Å². The molecule has 0 aromatic heterocycles. The Labute approximate surface area is 146 Å². The number of Topliss-reactive ketones (excluding diaryl/α,β-unsaturated/α-hetero) is 1. The van der Waals surface area contributed by atoms with Crippen LogP contribution in [0.3, 0.4) is 0 Å². The molecule has 6 heteroatoms. The molecule has 128 valence electrons. The third-order valence-corrected chi connectivity index (χ3v) is 2.88. The van der Waals surface area contributed by atoms with Gasteiger partial charge in [0.1, 0.15) is 5.78 Å². The van der Waals surface area contributed by atoms with Crippen molar-refractivity contribution < 1.29 is 14.4 Å². The van der Waals surface area contributed by atoms with Crippen molar-refractivity contribution in [1.82, 2.24) is 5.43 Å². The Morgan fingerprint density at radius 1 is 0.917 bits per heavy atom. The van der Waals surface area contributed by atoms with Crippen LogP contribution >= 0.6 is 11.6 Å². The maximum absolute atomic E-state index is 10.8. The molecule has 5 nitrogen and oxygen atoms in total. The van der Waals surface area contributed by atoms with Gasteiger partial charge in [0.2, 0.25) is 0 Å². The highest BCUT2D eigenvalue weighted by Gasteiger charge is 1.98. The number of benzene rings is 2. The second-order valence-electron chi connectivity index (χ2n) is 4.53. The van der Waals surface area contributed by atoms with E-state index in [-0.39, 0.29) is 11.7 Å². The molecular weight excluding hydrogens is 328 g/mol. The molecule has 0 aliphatic rings. The van der Waals surface area contributed by atoms with Gasteiger partial charge in [-0.3, -0.25) is 15.0 Å². The number of nitrogens with two attached hydrogens (primary N) is 1. The zero-order valence-electron chi connectivity index (χ0n) is 13.7. The first kappa shape index (κ1) is 21.5. The van der Waals surface area contributed by atoms with Crippen LogP contribution < -0.4 is 11.3 Å². The van der Waals surface area contributed by atoms with E-state index in [0.717, 1.165) is 0 Å². The molecule has 2 rings (SSSR count). The Hall–Kier alpha value is -2.50. The molecule has 0 saturated heterocycles. The van der Waals surface area contributed by atoms with Crippen molar-refractivity contribution in [2.45, 2.75) is 20.3 Å². The number of carbonyl (C=O) groups excluding carboxylic acids is 3. The summed E-state index contributed by atoms with van der Waals surface area (Å²) in [7, 11) is 0. The fourth-order valence-electron chi connectivity index (χ4n) is 1.24. The summed E-state index contributed by atoms with van der Waals surface area (Å²) in [6.45, 7) is 3.43. The summed E-state index contributed by atoms with van der Waals surface area (Å²) in [5.41, 5.74) is 3.16. The first-order chi connectivity index (χ1) is 11.4. The van der Waals surface area contributed by atoms with Crippen molar-refractivity contribution in [3.8, 4) is 0 Å². The minimum absolute atomic E-state index is 0.255. The van der Waals surface area contributed by atoms with E-state index < -0.39 is 5.24 Å². The quantitative estimate of drug-likeness (QED) is 0.385. The molecule has 0 bridgehead atoms. The number of rotatable bonds is 3. The Morgan fingerprint density at radius 2 is 1.29 bits per heavy atom. The van der Waals surface area contributed by atoms with Gasteiger partial charge in [0.15, 0.2) is 0 Å². The molecule has 24 heavy (non-hydrogen) atoms. The largest absolute Gasteiger partial charge is 0.300 e. The van der Waals surface area contributed by atoms with E-state index in [1.807, 2.05) is 24.5 Å². The highest BCUT2D eigenvalue weighted by atomic mass is 35.5. The minimum atomic E-state index is -0.407. The molecule has 0 unspecified atom stereocenters.